The standard InChI is InChI=1S/C11H8F4N4/c12-5-1-2-9(6(13)3-5)17-10-7(14)4-8(15)11(18-10)19-16/h1-4H,16H2,(H2,17,18,19). The molecule has 0 fully saturated rings. The lowest BCUT2D eigenvalue weighted by Gasteiger charge is -2.10. The normalized spacial score (nSPS) is 10.4. The summed E-state index contributed by atoms with van der Waals surface area (Å²) in [5.41, 5.74) is 1.72. The molecule has 0 bridgehead atoms. The van der Waals surface area contributed by atoms with Gasteiger partial charge in [0.2, 0.25) is 0 Å². The van der Waals surface area contributed by atoms with E-state index < -0.39 is 34.9 Å². The summed E-state index contributed by atoms with van der Waals surface area (Å²) in [4.78, 5) is 3.49. The van der Waals surface area contributed by atoms with Crippen molar-refractivity contribution >= 4 is 17.3 Å². The third-order valence-electron chi connectivity index (χ3n) is 2.25. The SMILES string of the molecule is NNc1nc(Nc2ccc(F)cc2F)c(F)cc1F. The van der Waals surface area contributed by atoms with Gasteiger partial charge in [-0.2, -0.15) is 0 Å². The van der Waals surface area contributed by atoms with Crippen LogP contribution in [0.5, 0.6) is 0 Å². The summed E-state index contributed by atoms with van der Waals surface area (Å²) in [6.45, 7) is 0. The second kappa shape index (κ2) is 5.11. The van der Waals surface area contributed by atoms with Gasteiger partial charge >= 0.3 is 0 Å². The quantitative estimate of drug-likeness (QED) is 0.456. The number of aromatic nitrogens is 1. The number of halogens is 4. The van der Waals surface area contributed by atoms with E-state index in [9.17, 15) is 17.6 Å². The van der Waals surface area contributed by atoms with Gasteiger partial charge in [0.1, 0.15) is 11.6 Å². The average molecular weight is 272 g/mol. The maximum atomic E-state index is 13.4. The zero-order chi connectivity index (χ0) is 14.0. The summed E-state index contributed by atoms with van der Waals surface area (Å²) in [7, 11) is 0. The van der Waals surface area contributed by atoms with Gasteiger partial charge in [-0.1, -0.05) is 0 Å². The minimum absolute atomic E-state index is 0.206. The van der Waals surface area contributed by atoms with Crippen molar-refractivity contribution in [2.24, 2.45) is 5.84 Å². The summed E-state index contributed by atoms with van der Waals surface area (Å²) >= 11 is 0. The molecule has 1 heterocycles. The van der Waals surface area contributed by atoms with Crippen molar-refractivity contribution in [3.63, 3.8) is 0 Å². The number of hydrazine groups is 1. The first kappa shape index (κ1) is 13.1. The number of nitrogens with two attached hydrogens (primary N) is 1. The highest BCUT2D eigenvalue weighted by molar-refractivity contribution is 5.59. The van der Waals surface area contributed by atoms with E-state index in [4.69, 9.17) is 5.84 Å². The Bertz CT molecular complexity index is 618. The van der Waals surface area contributed by atoms with Gasteiger partial charge in [0.05, 0.1) is 5.69 Å². The second-order valence-electron chi connectivity index (χ2n) is 3.54. The van der Waals surface area contributed by atoms with Gasteiger partial charge in [-0.3, -0.25) is 0 Å². The maximum Gasteiger partial charge on any atom is 0.178 e. The third-order valence-corrected chi connectivity index (χ3v) is 2.25. The lowest BCUT2D eigenvalue weighted by Crippen LogP contribution is -2.12. The monoisotopic (exact) mass is 272 g/mol. The number of nitrogen functional groups attached to an aromatic ring is 1. The molecule has 19 heavy (non-hydrogen) atoms. The molecule has 2 rings (SSSR count). The van der Waals surface area contributed by atoms with Gasteiger partial charge in [0.15, 0.2) is 23.3 Å². The first-order valence-corrected chi connectivity index (χ1v) is 5.06. The maximum absolute atomic E-state index is 13.4. The number of rotatable bonds is 3. The van der Waals surface area contributed by atoms with Crippen LogP contribution in [0.15, 0.2) is 24.3 Å². The van der Waals surface area contributed by atoms with Gasteiger partial charge in [-0.25, -0.2) is 28.4 Å². The van der Waals surface area contributed by atoms with E-state index in [2.05, 4.69) is 10.3 Å². The molecule has 0 amide bonds. The van der Waals surface area contributed by atoms with Crippen molar-refractivity contribution in [1.82, 2.24) is 4.98 Å². The van der Waals surface area contributed by atoms with E-state index in [0.717, 1.165) is 12.1 Å². The fourth-order valence-electron chi connectivity index (χ4n) is 1.37. The van der Waals surface area contributed by atoms with Crippen molar-refractivity contribution in [3.8, 4) is 0 Å². The molecule has 0 spiro atoms. The minimum Gasteiger partial charge on any atom is -0.335 e. The predicted molar refractivity (Wildman–Crippen MR) is 61.6 cm³/mol. The third kappa shape index (κ3) is 2.74. The molecule has 0 aliphatic carbocycles. The zero-order valence-corrected chi connectivity index (χ0v) is 9.35. The number of hydrogen-bond acceptors (Lipinski definition) is 4. The first-order chi connectivity index (χ1) is 9.01. The molecule has 0 saturated heterocycles. The number of nitrogens with one attached hydrogen (secondary N) is 2. The smallest absolute Gasteiger partial charge is 0.178 e. The predicted octanol–water partition coefficient (Wildman–Crippen LogP) is 2.67. The van der Waals surface area contributed by atoms with Crippen molar-refractivity contribution in [1.29, 1.82) is 0 Å². The molecular weight excluding hydrogens is 264 g/mol. The highest BCUT2D eigenvalue weighted by Gasteiger charge is 2.13. The molecule has 0 saturated carbocycles. The molecule has 100 valence electrons. The molecule has 0 radical (unpaired) electrons. The lowest BCUT2D eigenvalue weighted by molar-refractivity contribution is 0.577. The second-order valence-corrected chi connectivity index (χ2v) is 3.54. The highest BCUT2D eigenvalue weighted by atomic mass is 19.1. The average Bonchev–Trinajstić information content (AvgIpc) is 2.35. The van der Waals surface area contributed by atoms with E-state index in [1.807, 2.05) is 5.43 Å². The van der Waals surface area contributed by atoms with E-state index in [1.54, 1.807) is 0 Å². The van der Waals surface area contributed by atoms with E-state index >= 15 is 0 Å². The molecule has 1 aromatic heterocycles. The molecule has 4 N–H and O–H groups in total. The number of pyridine rings is 1. The van der Waals surface area contributed by atoms with Crippen LogP contribution < -0.4 is 16.6 Å². The molecule has 0 atom stereocenters. The summed E-state index contributed by atoms with van der Waals surface area (Å²) in [6.07, 6.45) is 0. The van der Waals surface area contributed by atoms with Crippen molar-refractivity contribution in [2.75, 3.05) is 10.7 Å². The lowest BCUT2D eigenvalue weighted by atomic mass is 10.3. The molecular formula is C11H8F4N4. The van der Waals surface area contributed by atoms with Crippen LogP contribution >= 0.6 is 0 Å². The highest BCUT2D eigenvalue weighted by Crippen LogP contribution is 2.24. The van der Waals surface area contributed by atoms with E-state index in [0.29, 0.717) is 12.1 Å². The summed E-state index contributed by atoms with van der Waals surface area (Å²) in [6, 6.07) is 3.19. The Hall–Kier alpha value is -2.35. The van der Waals surface area contributed by atoms with E-state index in [1.165, 1.54) is 0 Å². The number of hydrogen-bond donors (Lipinski definition) is 3. The summed E-state index contributed by atoms with van der Waals surface area (Å²) in [5, 5.41) is 2.28. The Morgan fingerprint density at radius 1 is 0.895 bits per heavy atom. The Morgan fingerprint density at radius 2 is 1.58 bits per heavy atom. The number of benzene rings is 1. The van der Waals surface area contributed by atoms with Gasteiger partial charge in [-0.15, -0.1) is 0 Å². The van der Waals surface area contributed by atoms with Crippen LogP contribution in [0.1, 0.15) is 0 Å². The van der Waals surface area contributed by atoms with Crippen LogP contribution in [0.2, 0.25) is 0 Å². The van der Waals surface area contributed by atoms with Crippen molar-refractivity contribution in [3.05, 3.63) is 47.5 Å². The minimum atomic E-state index is -1.04. The van der Waals surface area contributed by atoms with Crippen molar-refractivity contribution in [2.45, 2.75) is 0 Å². The van der Waals surface area contributed by atoms with Crippen LogP contribution in [-0.2, 0) is 0 Å². The van der Waals surface area contributed by atoms with Crippen LogP contribution in [-0.4, -0.2) is 4.98 Å². The Labute approximate surface area is 105 Å². The first-order valence-electron chi connectivity index (χ1n) is 5.06. The van der Waals surface area contributed by atoms with Crippen LogP contribution in [0.25, 0.3) is 0 Å². The van der Waals surface area contributed by atoms with Gasteiger partial charge in [-0.05, 0) is 12.1 Å². The molecule has 0 unspecified atom stereocenters. The van der Waals surface area contributed by atoms with Crippen molar-refractivity contribution < 1.29 is 17.6 Å². The van der Waals surface area contributed by atoms with Gasteiger partial charge < -0.3 is 10.7 Å². The number of nitrogens with zero attached hydrogens (tertiary/aromatic N) is 1. The van der Waals surface area contributed by atoms with Gasteiger partial charge in [0.25, 0.3) is 0 Å². The van der Waals surface area contributed by atoms with Crippen LogP contribution in [0.4, 0.5) is 34.9 Å². The Morgan fingerprint density at radius 3 is 2.21 bits per heavy atom. The van der Waals surface area contributed by atoms with E-state index in [-0.39, 0.29) is 5.69 Å². The summed E-state index contributed by atoms with van der Waals surface area (Å²) < 4.78 is 52.6. The molecule has 4 nitrogen and oxygen atoms in total. The largest absolute Gasteiger partial charge is 0.335 e. The van der Waals surface area contributed by atoms with Gasteiger partial charge in [0, 0.05) is 12.1 Å². The number of anilines is 3. The molecule has 0 aliphatic rings. The zero-order valence-electron chi connectivity index (χ0n) is 9.35. The van der Waals surface area contributed by atoms with Crippen LogP contribution in [0, 0.1) is 23.3 Å². The topological polar surface area (TPSA) is 63.0 Å². The van der Waals surface area contributed by atoms with Crippen LogP contribution in [0.3, 0.4) is 0 Å². The Kier molecular flexibility index (Phi) is 3.52. The fourth-order valence-corrected chi connectivity index (χ4v) is 1.37. The molecule has 8 heteroatoms. The summed E-state index contributed by atoms with van der Waals surface area (Å²) in [5.74, 6) is 0.379. The fraction of sp³-hybridized carbons (Fsp3) is 0. The molecule has 2 aromatic rings. The Balaban J connectivity index is 2.37. The molecule has 0 aliphatic heterocycles. The molecule has 1 aromatic carbocycles.